The van der Waals surface area contributed by atoms with Crippen LogP contribution in [0.25, 0.3) is 0 Å². The molecule has 154 valence electrons. The lowest BCUT2D eigenvalue weighted by Crippen LogP contribution is -2.39. The molecule has 3 aromatic rings. The third kappa shape index (κ3) is 6.88. The van der Waals surface area contributed by atoms with E-state index >= 15 is 0 Å². The summed E-state index contributed by atoms with van der Waals surface area (Å²) in [4.78, 5) is 8.83. The Morgan fingerprint density at radius 3 is 2.62 bits per heavy atom. The molecule has 0 bridgehead atoms. The highest BCUT2D eigenvalue weighted by Gasteiger charge is 2.08. The fourth-order valence-corrected chi connectivity index (χ4v) is 3.16. The summed E-state index contributed by atoms with van der Waals surface area (Å²) in [6.45, 7) is 6.61. The number of nitrogens with one attached hydrogen (secondary N) is 2. The first-order valence-corrected chi connectivity index (χ1v) is 9.70. The summed E-state index contributed by atoms with van der Waals surface area (Å²) in [6, 6.07) is 19.1. The highest BCUT2D eigenvalue weighted by Crippen LogP contribution is 2.15. The van der Waals surface area contributed by atoms with Crippen molar-refractivity contribution in [2.24, 2.45) is 4.99 Å². The Morgan fingerprint density at radius 2 is 1.90 bits per heavy atom. The molecule has 0 amide bonds. The van der Waals surface area contributed by atoms with Gasteiger partial charge < -0.3 is 15.2 Å². The first kappa shape index (κ1) is 22.9. The number of rotatable bonds is 7. The van der Waals surface area contributed by atoms with E-state index in [1.54, 1.807) is 7.05 Å². The summed E-state index contributed by atoms with van der Waals surface area (Å²) in [7, 11) is 1.79. The Labute approximate surface area is 190 Å². The van der Waals surface area contributed by atoms with Gasteiger partial charge in [0.15, 0.2) is 5.96 Å². The third-order valence-electron chi connectivity index (χ3n) is 4.82. The average Bonchev–Trinajstić information content (AvgIpc) is 3.15. The standard InChI is InChI=1S/C23H29N5.HI/c1-18-8-7-11-21(14-18)19(2)15-26-23(24-3)27-16-22-25-12-13-28(22)17-20-9-5-4-6-10-20;/h4-14,19H,15-17H2,1-3H3,(H2,24,26,27);1H. The molecule has 0 aliphatic rings. The first-order chi connectivity index (χ1) is 13.7. The monoisotopic (exact) mass is 503 g/mol. The Kier molecular flexibility index (Phi) is 9.18. The molecule has 2 aromatic carbocycles. The fraction of sp³-hybridized carbons (Fsp3) is 0.304. The van der Waals surface area contributed by atoms with E-state index in [1.807, 2.05) is 18.5 Å². The molecule has 1 heterocycles. The van der Waals surface area contributed by atoms with Crippen LogP contribution in [0.3, 0.4) is 0 Å². The second-order valence-electron chi connectivity index (χ2n) is 7.08. The number of hydrogen-bond donors (Lipinski definition) is 2. The van der Waals surface area contributed by atoms with Gasteiger partial charge in [-0.1, -0.05) is 67.1 Å². The van der Waals surface area contributed by atoms with E-state index in [1.165, 1.54) is 16.7 Å². The molecular weight excluding hydrogens is 473 g/mol. The van der Waals surface area contributed by atoms with Crippen molar-refractivity contribution in [2.45, 2.75) is 32.9 Å². The van der Waals surface area contributed by atoms with Gasteiger partial charge in [-0.2, -0.15) is 0 Å². The van der Waals surface area contributed by atoms with E-state index in [9.17, 15) is 0 Å². The molecule has 0 saturated heterocycles. The molecule has 2 N–H and O–H groups in total. The van der Waals surface area contributed by atoms with Crippen LogP contribution >= 0.6 is 24.0 Å². The molecule has 0 aliphatic carbocycles. The zero-order chi connectivity index (χ0) is 19.8. The number of hydrogen-bond acceptors (Lipinski definition) is 2. The lowest BCUT2D eigenvalue weighted by Gasteiger charge is -2.17. The number of nitrogens with zero attached hydrogens (tertiary/aromatic N) is 3. The quantitative estimate of drug-likeness (QED) is 0.287. The number of guanidine groups is 1. The second kappa shape index (κ2) is 11.6. The van der Waals surface area contributed by atoms with Crippen LogP contribution in [0.2, 0.25) is 0 Å². The zero-order valence-electron chi connectivity index (χ0n) is 17.3. The lowest BCUT2D eigenvalue weighted by atomic mass is 9.99. The molecule has 0 radical (unpaired) electrons. The van der Waals surface area contributed by atoms with Crippen molar-refractivity contribution in [1.82, 2.24) is 20.2 Å². The van der Waals surface area contributed by atoms with Crippen LogP contribution in [-0.2, 0) is 13.1 Å². The van der Waals surface area contributed by atoms with Gasteiger partial charge in [-0.15, -0.1) is 24.0 Å². The van der Waals surface area contributed by atoms with Crippen LogP contribution in [0.4, 0.5) is 0 Å². The van der Waals surface area contributed by atoms with Crippen molar-refractivity contribution in [1.29, 1.82) is 0 Å². The molecule has 0 fully saturated rings. The lowest BCUT2D eigenvalue weighted by molar-refractivity contribution is 0.669. The number of halogens is 1. The topological polar surface area (TPSA) is 54.2 Å². The van der Waals surface area contributed by atoms with Crippen LogP contribution in [-0.4, -0.2) is 29.1 Å². The second-order valence-corrected chi connectivity index (χ2v) is 7.08. The highest BCUT2D eigenvalue weighted by molar-refractivity contribution is 14.0. The Balaban J connectivity index is 0.00000300. The maximum Gasteiger partial charge on any atom is 0.191 e. The number of aliphatic imine (C=N–C) groups is 1. The van der Waals surface area contributed by atoms with Crippen LogP contribution in [0.15, 0.2) is 72.0 Å². The van der Waals surface area contributed by atoms with E-state index in [4.69, 9.17) is 0 Å². The van der Waals surface area contributed by atoms with Crippen molar-refractivity contribution in [3.05, 3.63) is 89.5 Å². The van der Waals surface area contributed by atoms with Crippen LogP contribution in [0.1, 0.15) is 35.4 Å². The van der Waals surface area contributed by atoms with Gasteiger partial charge in [0.05, 0.1) is 6.54 Å². The van der Waals surface area contributed by atoms with Crippen molar-refractivity contribution in [3.63, 3.8) is 0 Å². The third-order valence-corrected chi connectivity index (χ3v) is 4.82. The molecule has 0 spiro atoms. The van der Waals surface area contributed by atoms with Gasteiger partial charge >= 0.3 is 0 Å². The number of aromatic nitrogens is 2. The number of benzene rings is 2. The minimum absolute atomic E-state index is 0. The predicted molar refractivity (Wildman–Crippen MR) is 131 cm³/mol. The summed E-state index contributed by atoms with van der Waals surface area (Å²) in [6.07, 6.45) is 3.86. The molecule has 1 unspecified atom stereocenters. The van der Waals surface area contributed by atoms with Gasteiger partial charge in [-0.25, -0.2) is 4.98 Å². The molecule has 1 aromatic heterocycles. The summed E-state index contributed by atoms with van der Waals surface area (Å²) >= 11 is 0. The van der Waals surface area contributed by atoms with Gasteiger partial charge in [0, 0.05) is 32.5 Å². The maximum absolute atomic E-state index is 4.49. The molecule has 0 saturated carbocycles. The maximum atomic E-state index is 4.49. The van der Waals surface area contributed by atoms with Crippen molar-refractivity contribution < 1.29 is 0 Å². The number of aryl methyl sites for hydroxylation is 1. The summed E-state index contributed by atoms with van der Waals surface area (Å²) in [5, 5.41) is 6.79. The van der Waals surface area contributed by atoms with Gasteiger partial charge in [0.1, 0.15) is 5.82 Å². The predicted octanol–water partition coefficient (Wildman–Crippen LogP) is 4.33. The first-order valence-electron chi connectivity index (χ1n) is 9.70. The minimum Gasteiger partial charge on any atom is -0.356 e. The van der Waals surface area contributed by atoms with Crippen LogP contribution in [0, 0.1) is 6.92 Å². The molecule has 29 heavy (non-hydrogen) atoms. The Hall–Kier alpha value is -2.35. The van der Waals surface area contributed by atoms with E-state index in [0.717, 1.165) is 24.9 Å². The van der Waals surface area contributed by atoms with E-state index < -0.39 is 0 Å². The van der Waals surface area contributed by atoms with Gasteiger partial charge in [0.2, 0.25) is 0 Å². The Morgan fingerprint density at radius 1 is 1.10 bits per heavy atom. The average molecular weight is 503 g/mol. The Bertz CT molecular complexity index is 904. The van der Waals surface area contributed by atoms with E-state index in [0.29, 0.717) is 12.5 Å². The van der Waals surface area contributed by atoms with Gasteiger partial charge in [-0.05, 0) is 24.0 Å². The van der Waals surface area contributed by atoms with E-state index in [2.05, 4.69) is 87.6 Å². The van der Waals surface area contributed by atoms with Crippen molar-refractivity contribution >= 4 is 29.9 Å². The minimum atomic E-state index is 0. The van der Waals surface area contributed by atoms with E-state index in [-0.39, 0.29) is 24.0 Å². The SMILES string of the molecule is CN=C(NCc1nccn1Cc1ccccc1)NCC(C)c1cccc(C)c1.I. The molecule has 0 aliphatic heterocycles. The summed E-state index contributed by atoms with van der Waals surface area (Å²) in [5.41, 5.74) is 3.88. The summed E-state index contributed by atoms with van der Waals surface area (Å²) < 4.78 is 2.16. The largest absolute Gasteiger partial charge is 0.356 e. The van der Waals surface area contributed by atoms with Crippen molar-refractivity contribution in [2.75, 3.05) is 13.6 Å². The van der Waals surface area contributed by atoms with Gasteiger partial charge in [0.25, 0.3) is 0 Å². The van der Waals surface area contributed by atoms with Crippen molar-refractivity contribution in [3.8, 4) is 0 Å². The van der Waals surface area contributed by atoms with Crippen LogP contribution in [0.5, 0.6) is 0 Å². The number of imidazole rings is 1. The van der Waals surface area contributed by atoms with Gasteiger partial charge in [-0.3, -0.25) is 4.99 Å². The summed E-state index contributed by atoms with van der Waals surface area (Å²) in [5.74, 6) is 2.17. The zero-order valence-corrected chi connectivity index (χ0v) is 19.6. The fourth-order valence-electron chi connectivity index (χ4n) is 3.16. The molecule has 3 rings (SSSR count). The molecular formula is C23H30IN5. The van der Waals surface area contributed by atoms with Crippen LogP contribution < -0.4 is 10.6 Å². The smallest absolute Gasteiger partial charge is 0.191 e. The normalized spacial score (nSPS) is 12.2. The molecule has 1 atom stereocenters. The highest BCUT2D eigenvalue weighted by atomic mass is 127. The molecule has 5 nitrogen and oxygen atoms in total. The molecule has 6 heteroatoms.